The Morgan fingerprint density at radius 1 is 1.15 bits per heavy atom. The zero-order valence-corrected chi connectivity index (χ0v) is 19.1. The highest BCUT2D eigenvalue weighted by molar-refractivity contribution is 7.87. The molecule has 0 saturated carbocycles. The van der Waals surface area contributed by atoms with E-state index in [-0.39, 0.29) is 10.7 Å². The minimum atomic E-state index is -4.88. The summed E-state index contributed by atoms with van der Waals surface area (Å²) in [7, 11) is -4.88. The van der Waals surface area contributed by atoms with E-state index in [1.165, 1.54) is 12.1 Å². The maximum Gasteiger partial charge on any atom is 0.426 e. The molecule has 34 heavy (non-hydrogen) atoms. The molecule has 0 fully saturated rings. The number of benzene rings is 2. The van der Waals surface area contributed by atoms with Crippen molar-refractivity contribution in [2.24, 2.45) is 10.9 Å². The van der Waals surface area contributed by atoms with Gasteiger partial charge < -0.3 is 25.7 Å². The van der Waals surface area contributed by atoms with Crippen LogP contribution in [0.15, 0.2) is 60.8 Å². The van der Waals surface area contributed by atoms with Crippen molar-refractivity contribution < 1.29 is 33.0 Å². The number of carbonyl (C=O) groups is 2. The number of nitrogens with zero attached hydrogens (tertiary/aromatic N) is 1. The number of H-pyrrole nitrogens is 1. The van der Waals surface area contributed by atoms with Crippen LogP contribution in [0.5, 0.6) is 0 Å². The quantitative estimate of drug-likeness (QED) is 0.291. The molecule has 0 aliphatic carbocycles. The Hall–Kier alpha value is -3.45. The van der Waals surface area contributed by atoms with Gasteiger partial charge >= 0.3 is 16.3 Å². The van der Waals surface area contributed by atoms with Crippen LogP contribution < -0.4 is 10.9 Å². The van der Waals surface area contributed by atoms with E-state index >= 15 is 0 Å². The minimum absolute atomic E-state index is 0.0461. The summed E-state index contributed by atoms with van der Waals surface area (Å²) in [5.74, 6) is -1.16. The standard InChI is InChI=1S/C22H26N4O7S/c1-22(20(23)29,11-15-12-25-17-10-6-5-9-16(15)17)26(34(24,31)32)21(30)33-18(13-27)19(28)14-7-3-2-4-8-14/h2-10,12,18-19,25,27-28H,11,13H2,1H3,(H2,23,29)(H2,24,31,32). The van der Waals surface area contributed by atoms with Gasteiger partial charge in [-0.25, -0.2) is 9.93 Å². The van der Waals surface area contributed by atoms with Crippen LogP contribution >= 0.6 is 0 Å². The number of aromatic nitrogens is 1. The summed E-state index contributed by atoms with van der Waals surface area (Å²) in [6.45, 7) is 0.306. The third-order valence-corrected chi connectivity index (χ3v) is 6.60. The van der Waals surface area contributed by atoms with Crippen molar-refractivity contribution in [3.05, 3.63) is 71.9 Å². The van der Waals surface area contributed by atoms with E-state index in [0.29, 0.717) is 16.5 Å². The highest BCUT2D eigenvalue weighted by Crippen LogP contribution is 2.29. The molecule has 2 aromatic carbocycles. The van der Waals surface area contributed by atoms with Crippen LogP contribution in [0.2, 0.25) is 0 Å². The van der Waals surface area contributed by atoms with Gasteiger partial charge in [-0.15, -0.1) is 0 Å². The van der Waals surface area contributed by atoms with Crippen molar-refractivity contribution in [2.75, 3.05) is 6.61 Å². The van der Waals surface area contributed by atoms with Crippen molar-refractivity contribution in [3.63, 3.8) is 0 Å². The van der Waals surface area contributed by atoms with Crippen molar-refractivity contribution in [1.82, 2.24) is 9.29 Å². The lowest BCUT2D eigenvalue weighted by atomic mass is 9.92. The van der Waals surface area contributed by atoms with Crippen LogP contribution in [0.25, 0.3) is 10.9 Å². The Morgan fingerprint density at radius 3 is 2.35 bits per heavy atom. The molecule has 3 aromatic rings. The number of ether oxygens (including phenoxy) is 1. The molecule has 2 amide bonds. The normalized spacial score (nSPS) is 15.3. The van der Waals surface area contributed by atoms with Crippen LogP contribution in [-0.2, 0) is 26.2 Å². The highest BCUT2D eigenvalue weighted by atomic mass is 32.2. The first-order valence-corrected chi connectivity index (χ1v) is 11.7. The zero-order chi connectivity index (χ0) is 25.1. The number of para-hydroxylation sites is 1. The van der Waals surface area contributed by atoms with E-state index in [0.717, 1.165) is 12.4 Å². The monoisotopic (exact) mass is 490 g/mol. The second-order valence-electron chi connectivity index (χ2n) is 7.94. The number of aliphatic hydroxyl groups is 2. The van der Waals surface area contributed by atoms with Gasteiger partial charge in [0.2, 0.25) is 5.91 Å². The molecule has 1 aromatic heterocycles. The number of primary amides is 1. The predicted molar refractivity (Wildman–Crippen MR) is 123 cm³/mol. The average Bonchev–Trinajstić information content (AvgIpc) is 3.19. The molecular formula is C22H26N4O7S. The molecule has 3 atom stereocenters. The molecule has 3 rings (SSSR count). The smallest absolute Gasteiger partial charge is 0.426 e. The largest absolute Gasteiger partial charge is 0.440 e. The van der Waals surface area contributed by atoms with Crippen LogP contribution in [0.1, 0.15) is 24.2 Å². The summed E-state index contributed by atoms with van der Waals surface area (Å²) < 4.78 is 30.1. The number of carbonyl (C=O) groups excluding carboxylic acids is 2. The Labute approximate surface area is 196 Å². The van der Waals surface area contributed by atoms with E-state index < -0.39 is 46.6 Å². The molecule has 0 radical (unpaired) electrons. The second kappa shape index (κ2) is 9.81. The summed E-state index contributed by atoms with van der Waals surface area (Å²) in [6.07, 6.45) is -3.36. The van der Waals surface area contributed by atoms with Crippen LogP contribution in [0.3, 0.4) is 0 Å². The lowest BCUT2D eigenvalue weighted by molar-refractivity contribution is -0.126. The molecule has 0 aliphatic heterocycles. The topological polar surface area (TPSA) is 189 Å². The van der Waals surface area contributed by atoms with E-state index in [1.54, 1.807) is 48.7 Å². The first-order valence-electron chi connectivity index (χ1n) is 10.2. The number of nitrogens with one attached hydrogen (secondary N) is 1. The molecule has 0 aliphatic rings. The number of aromatic amines is 1. The molecule has 3 unspecified atom stereocenters. The lowest BCUT2D eigenvalue weighted by Crippen LogP contribution is -2.63. The fourth-order valence-electron chi connectivity index (χ4n) is 3.74. The van der Waals surface area contributed by atoms with Gasteiger partial charge in [0.25, 0.3) is 0 Å². The number of fused-ring (bicyclic) bond motifs is 1. The van der Waals surface area contributed by atoms with Crippen molar-refractivity contribution in [1.29, 1.82) is 0 Å². The number of hydrogen-bond acceptors (Lipinski definition) is 7. The maximum atomic E-state index is 13.0. The van der Waals surface area contributed by atoms with E-state index in [1.807, 2.05) is 0 Å². The van der Waals surface area contributed by atoms with Gasteiger partial charge in [0, 0.05) is 23.5 Å². The molecular weight excluding hydrogens is 464 g/mol. The number of aliphatic hydroxyl groups excluding tert-OH is 2. The molecule has 7 N–H and O–H groups in total. The van der Waals surface area contributed by atoms with Crippen LogP contribution in [0, 0.1) is 0 Å². The number of amides is 2. The summed E-state index contributed by atoms with van der Waals surface area (Å²) in [5.41, 5.74) is 4.93. The van der Waals surface area contributed by atoms with E-state index in [2.05, 4.69) is 4.98 Å². The van der Waals surface area contributed by atoms with Gasteiger partial charge in [0.15, 0.2) is 6.10 Å². The Bertz CT molecular complexity index is 1280. The van der Waals surface area contributed by atoms with Crippen molar-refractivity contribution in [2.45, 2.75) is 31.1 Å². The van der Waals surface area contributed by atoms with Gasteiger partial charge in [-0.3, -0.25) is 4.79 Å². The summed E-state index contributed by atoms with van der Waals surface area (Å²) in [5, 5.41) is 26.2. The second-order valence-corrected chi connectivity index (χ2v) is 9.34. The third kappa shape index (κ3) is 5.04. The van der Waals surface area contributed by atoms with Crippen LogP contribution in [0.4, 0.5) is 4.79 Å². The van der Waals surface area contributed by atoms with Gasteiger partial charge in [-0.05, 0) is 24.1 Å². The predicted octanol–water partition coefficient (Wildman–Crippen LogP) is 0.691. The molecule has 12 heteroatoms. The lowest BCUT2D eigenvalue weighted by Gasteiger charge is -2.36. The minimum Gasteiger partial charge on any atom is -0.440 e. The number of hydrogen-bond donors (Lipinski definition) is 5. The summed E-state index contributed by atoms with van der Waals surface area (Å²) >= 11 is 0. The summed E-state index contributed by atoms with van der Waals surface area (Å²) in [4.78, 5) is 28.6. The third-order valence-electron chi connectivity index (χ3n) is 5.53. The molecule has 182 valence electrons. The fraction of sp³-hybridized carbons (Fsp3) is 0.273. The molecule has 0 saturated heterocycles. The van der Waals surface area contributed by atoms with Gasteiger partial charge in [0.05, 0.1) is 6.61 Å². The SMILES string of the molecule is CC(Cc1c[nH]c2ccccc12)(C(N)=O)N(C(=O)OC(CO)C(O)c1ccccc1)S(N)(=O)=O. The van der Waals surface area contributed by atoms with Gasteiger partial charge in [-0.2, -0.15) is 12.7 Å². The molecule has 11 nitrogen and oxygen atoms in total. The maximum absolute atomic E-state index is 13.0. The first kappa shape index (κ1) is 25.2. The zero-order valence-electron chi connectivity index (χ0n) is 18.3. The van der Waals surface area contributed by atoms with Gasteiger partial charge in [-0.1, -0.05) is 48.5 Å². The average molecular weight is 491 g/mol. The Kier molecular flexibility index (Phi) is 7.26. The van der Waals surface area contributed by atoms with Crippen molar-refractivity contribution >= 4 is 33.1 Å². The molecule has 0 bridgehead atoms. The number of rotatable bonds is 9. The molecule has 0 spiro atoms. The molecule has 1 heterocycles. The fourth-order valence-corrected chi connectivity index (χ4v) is 4.70. The summed E-state index contributed by atoms with van der Waals surface area (Å²) in [6, 6.07) is 15.1. The Balaban J connectivity index is 1.97. The van der Waals surface area contributed by atoms with Crippen molar-refractivity contribution in [3.8, 4) is 0 Å². The van der Waals surface area contributed by atoms with Crippen LogP contribution in [-0.4, -0.2) is 58.2 Å². The highest BCUT2D eigenvalue weighted by Gasteiger charge is 2.49. The number of nitrogens with two attached hydrogens (primary N) is 2. The van der Waals surface area contributed by atoms with E-state index in [9.17, 15) is 28.2 Å². The van der Waals surface area contributed by atoms with Gasteiger partial charge in [0.1, 0.15) is 11.6 Å². The first-order chi connectivity index (χ1) is 16.0. The Morgan fingerprint density at radius 2 is 1.76 bits per heavy atom. The van der Waals surface area contributed by atoms with E-state index in [4.69, 9.17) is 15.6 Å².